The van der Waals surface area contributed by atoms with Gasteiger partial charge in [0.1, 0.15) is 6.10 Å². The Hall–Kier alpha value is -1.35. The Morgan fingerprint density at radius 3 is 2.80 bits per heavy atom. The van der Waals surface area contributed by atoms with Crippen LogP contribution < -0.4 is 5.32 Å². The van der Waals surface area contributed by atoms with E-state index in [-0.39, 0.29) is 12.1 Å². The van der Waals surface area contributed by atoms with E-state index in [9.17, 15) is 4.79 Å². The summed E-state index contributed by atoms with van der Waals surface area (Å²) in [6.45, 7) is 3.05. The molecule has 1 aliphatic carbocycles. The van der Waals surface area contributed by atoms with Gasteiger partial charge in [-0.3, -0.25) is 0 Å². The van der Waals surface area contributed by atoms with Gasteiger partial charge in [-0.15, -0.1) is 0 Å². The van der Waals surface area contributed by atoms with E-state index in [1.807, 2.05) is 31.3 Å². The number of likely N-dealkylation sites (N-methyl/N-ethyl adjacent to an activating group) is 1. The standard InChI is InChI=1S/C17H25NO2/c1-13-7-3-6-10-16(13)20-17(19)15-9-5-4-8-14(15)11-12-18-2/h4-5,8-9,13,16,18H,3,6-7,10-12H2,1-2H3. The fourth-order valence-corrected chi connectivity index (χ4v) is 2.86. The van der Waals surface area contributed by atoms with Crippen LogP contribution >= 0.6 is 0 Å². The highest BCUT2D eigenvalue weighted by atomic mass is 16.5. The molecule has 0 spiro atoms. The molecule has 1 N–H and O–H groups in total. The largest absolute Gasteiger partial charge is 0.458 e. The van der Waals surface area contributed by atoms with E-state index in [4.69, 9.17) is 4.74 Å². The smallest absolute Gasteiger partial charge is 0.338 e. The molecule has 0 aromatic heterocycles. The van der Waals surface area contributed by atoms with Gasteiger partial charge >= 0.3 is 5.97 Å². The number of nitrogens with one attached hydrogen (secondary N) is 1. The molecule has 1 fully saturated rings. The lowest BCUT2D eigenvalue weighted by Gasteiger charge is -2.28. The van der Waals surface area contributed by atoms with Crippen molar-refractivity contribution in [1.82, 2.24) is 5.32 Å². The monoisotopic (exact) mass is 275 g/mol. The quantitative estimate of drug-likeness (QED) is 0.839. The number of hydrogen-bond donors (Lipinski definition) is 1. The summed E-state index contributed by atoms with van der Waals surface area (Å²) in [5, 5.41) is 3.12. The molecule has 1 aliphatic rings. The third kappa shape index (κ3) is 3.83. The highest BCUT2D eigenvalue weighted by Gasteiger charge is 2.25. The minimum absolute atomic E-state index is 0.0913. The van der Waals surface area contributed by atoms with Crippen LogP contribution in [0.15, 0.2) is 24.3 Å². The van der Waals surface area contributed by atoms with E-state index in [0.717, 1.165) is 30.5 Å². The molecule has 2 rings (SSSR count). The second-order valence-corrected chi connectivity index (χ2v) is 5.72. The van der Waals surface area contributed by atoms with Crippen LogP contribution in [0.1, 0.15) is 48.5 Å². The molecule has 0 amide bonds. The van der Waals surface area contributed by atoms with E-state index in [2.05, 4.69) is 12.2 Å². The molecule has 20 heavy (non-hydrogen) atoms. The Bertz CT molecular complexity index is 444. The van der Waals surface area contributed by atoms with Crippen molar-refractivity contribution in [2.75, 3.05) is 13.6 Å². The van der Waals surface area contributed by atoms with Crippen molar-refractivity contribution in [3.05, 3.63) is 35.4 Å². The third-order valence-corrected chi connectivity index (χ3v) is 4.17. The van der Waals surface area contributed by atoms with Crippen molar-refractivity contribution in [2.24, 2.45) is 5.92 Å². The van der Waals surface area contributed by atoms with Gasteiger partial charge in [-0.2, -0.15) is 0 Å². The van der Waals surface area contributed by atoms with Gasteiger partial charge < -0.3 is 10.1 Å². The van der Waals surface area contributed by atoms with Crippen molar-refractivity contribution in [2.45, 2.75) is 45.1 Å². The van der Waals surface area contributed by atoms with E-state index >= 15 is 0 Å². The van der Waals surface area contributed by atoms with E-state index < -0.39 is 0 Å². The SMILES string of the molecule is CNCCc1ccccc1C(=O)OC1CCCCC1C. The van der Waals surface area contributed by atoms with Crippen LogP contribution in [-0.2, 0) is 11.2 Å². The summed E-state index contributed by atoms with van der Waals surface area (Å²) >= 11 is 0. The average Bonchev–Trinajstić information content (AvgIpc) is 2.47. The first-order valence-corrected chi connectivity index (χ1v) is 7.66. The number of carbonyl (C=O) groups excluding carboxylic acids is 1. The highest BCUT2D eigenvalue weighted by molar-refractivity contribution is 5.91. The molecule has 0 bridgehead atoms. The van der Waals surface area contributed by atoms with Gasteiger partial charge in [0.2, 0.25) is 0 Å². The Balaban J connectivity index is 2.04. The number of esters is 1. The zero-order valence-corrected chi connectivity index (χ0v) is 12.5. The Kier molecular flexibility index (Phi) is 5.60. The second kappa shape index (κ2) is 7.44. The van der Waals surface area contributed by atoms with Crippen molar-refractivity contribution in [3.8, 4) is 0 Å². The van der Waals surface area contributed by atoms with E-state index in [1.165, 1.54) is 19.3 Å². The van der Waals surface area contributed by atoms with Crippen molar-refractivity contribution in [1.29, 1.82) is 0 Å². The molecule has 2 atom stereocenters. The normalized spacial score (nSPS) is 22.5. The third-order valence-electron chi connectivity index (χ3n) is 4.17. The predicted molar refractivity (Wildman–Crippen MR) is 80.9 cm³/mol. The molecule has 3 heteroatoms. The van der Waals surface area contributed by atoms with Crippen LogP contribution in [0.2, 0.25) is 0 Å². The number of ether oxygens (including phenoxy) is 1. The first kappa shape index (κ1) is 15.0. The summed E-state index contributed by atoms with van der Waals surface area (Å²) in [5.41, 5.74) is 1.79. The number of rotatable bonds is 5. The average molecular weight is 275 g/mol. The van der Waals surface area contributed by atoms with Crippen LogP contribution in [-0.4, -0.2) is 25.7 Å². The molecule has 0 heterocycles. The zero-order valence-electron chi connectivity index (χ0n) is 12.5. The Morgan fingerprint density at radius 1 is 1.30 bits per heavy atom. The highest BCUT2D eigenvalue weighted by Crippen LogP contribution is 2.27. The first-order chi connectivity index (χ1) is 9.72. The van der Waals surface area contributed by atoms with Gasteiger partial charge in [0.05, 0.1) is 5.56 Å². The van der Waals surface area contributed by atoms with Crippen LogP contribution in [0.25, 0.3) is 0 Å². The van der Waals surface area contributed by atoms with Gasteiger partial charge in [0.25, 0.3) is 0 Å². The first-order valence-electron chi connectivity index (χ1n) is 7.66. The topological polar surface area (TPSA) is 38.3 Å². The summed E-state index contributed by atoms with van der Waals surface area (Å²) in [4.78, 5) is 12.4. The molecule has 0 aliphatic heterocycles. The Labute approximate surface area is 121 Å². The van der Waals surface area contributed by atoms with E-state index in [0.29, 0.717) is 5.92 Å². The summed E-state index contributed by atoms with van der Waals surface area (Å²) in [7, 11) is 1.92. The minimum Gasteiger partial charge on any atom is -0.458 e. The van der Waals surface area contributed by atoms with Gasteiger partial charge in [-0.25, -0.2) is 4.79 Å². The van der Waals surface area contributed by atoms with Gasteiger partial charge in [-0.05, 0) is 56.8 Å². The Morgan fingerprint density at radius 2 is 2.05 bits per heavy atom. The maximum atomic E-state index is 12.4. The summed E-state index contributed by atoms with van der Waals surface area (Å²) in [5.74, 6) is 0.327. The van der Waals surface area contributed by atoms with Crippen molar-refractivity contribution in [3.63, 3.8) is 0 Å². The maximum absolute atomic E-state index is 12.4. The molecular weight excluding hydrogens is 250 g/mol. The molecular formula is C17H25NO2. The van der Waals surface area contributed by atoms with Crippen LogP contribution in [0.5, 0.6) is 0 Å². The molecule has 1 aromatic carbocycles. The lowest BCUT2D eigenvalue weighted by atomic mass is 9.88. The predicted octanol–water partition coefficient (Wildman–Crippen LogP) is 3.18. The minimum atomic E-state index is -0.157. The lowest BCUT2D eigenvalue weighted by Crippen LogP contribution is -2.28. The molecule has 0 saturated heterocycles. The van der Waals surface area contributed by atoms with Crippen molar-refractivity contribution >= 4 is 5.97 Å². The molecule has 0 radical (unpaired) electrons. The molecule has 2 unspecified atom stereocenters. The molecule has 110 valence electrons. The van der Waals surface area contributed by atoms with Gasteiger partial charge in [0.15, 0.2) is 0 Å². The van der Waals surface area contributed by atoms with Crippen LogP contribution in [0.3, 0.4) is 0 Å². The lowest BCUT2D eigenvalue weighted by molar-refractivity contribution is 0.00471. The van der Waals surface area contributed by atoms with Gasteiger partial charge in [-0.1, -0.05) is 31.5 Å². The molecule has 3 nitrogen and oxygen atoms in total. The fraction of sp³-hybridized carbons (Fsp3) is 0.588. The summed E-state index contributed by atoms with van der Waals surface area (Å²) in [6, 6.07) is 7.77. The number of benzene rings is 1. The summed E-state index contributed by atoms with van der Waals surface area (Å²) < 4.78 is 5.75. The number of carbonyl (C=O) groups is 1. The maximum Gasteiger partial charge on any atom is 0.338 e. The van der Waals surface area contributed by atoms with Crippen LogP contribution in [0.4, 0.5) is 0 Å². The molecule has 1 saturated carbocycles. The van der Waals surface area contributed by atoms with Crippen LogP contribution in [0, 0.1) is 5.92 Å². The van der Waals surface area contributed by atoms with Gasteiger partial charge in [0, 0.05) is 0 Å². The van der Waals surface area contributed by atoms with E-state index in [1.54, 1.807) is 0 Å². The number of hydrogen-bond acceptors (Lipinski definition) is 3. The summed E-state index contributed by atoms with van der Waals surface area (Å²) in [6.07, 6.45) is 5.54. The fourth-order valence-electron chi connectivity index (χ4n) is 2.86. The second-order valence-electron chi connectivity index (χ2n) is 5.72. The zero-order chi connectivity index (χ0) is 14.4. The molecule has 1 aromatic rings. The van der Waals surface area contributed by atoms with Crippen molar-refractivity contribution < 1.29 is 9.53 Å².